The topological polar surface area (TPSA) is 128 Å². The number of carbonyl (C=O) groups is 2. The van der Waals surface area contributed by atoms with E-state index in [1.165, 1.54) is 0 Å². The van der Waals surface area contributed by atoms with Crippen molar-refractivity contribution in [3.8, 4) is 6.07 Å². The maximum Gasteiger partial charge on any atom is 0.389 e. The van der Waals surface area contributed by atoms with Crippen molar-refractivity contribution in [2.75, 3.05) is 50.3 Å². The molecule has 52 heavy (non-hydrogen) atoms. The number of rotatable bonds is 10. The average Bonchev–Trinajstić information content (AvgIpc) is 3.79. The van der Waals surface area contributed by atoms with Crippen LogP contribution in [0.3, 0.4) is 0 Å². The first-order valence-corrected chi connectivity index (χ1v) is 16.4. The van der Waals surface area contributed by atoms with Crippen LogP contribution in [0.5, 0.6) is 0 Å². The number of piperidine rings is 2. The van der Waals surface area contributed by atoms with Crippen LogP contribution in [0, 0.1) is 38.0 Å². The number of Topliss-reactive ketones (excluding diaryl/α,β-unsaturated/α-hetero) is 2. The summed E-state index contributed by atoms with van der Waals surface area (Å²) in [4.78, 5) is 39.1. The Kier molecular flexibility index (Phi) is 19.5. The zero-order valence-corrected chi connectivity index (χ0v) is 36.0. The van der Waals surface area contributed by atoms with Crippen molar-refractivity contribution in [2.45, 2.75) is 57.5 Å². The van der Waals surface area contributed by atoms with Crippen molar-refractivity contribution in [1.82, 2.24) is 30.0 Å². The normalized spacial score (nSPS) is 17.5. The minimum atomic E-state index is -4.28. The van der Waals surface area contributed by atoms with Crippen LogP contribution >= 0.6 is 0 Å². The second kappa shape index (κ2) is 21.6. The van der Waals surface area contributed by atoms with E-state index in [1.54, 1.807) is 12.4 Å². The first kappa shape index (κ1) is 46.9. The van der Waals surface area contributed by atoms with Crippen LogP contribution in [0.25, 0.3) is 22.1 Å². The van der Waals surface area contributed by atoms with Gasteiger partial charge in [-0.3, -0.25) is 9.59 Å². The predicted octanol–water partition coefficient (Wildman–Crippen LogP) is 6.93. The zero-order valence-electron chi connectivity index (χ0n) is 30.2. The summed E-state index contributed by atoms with van der Waals surface area (Å²) in [5, 5.41) is 19.0. The summed E-state index contributed by atoms with van der Waals surface area (Å²) in [6, 6.07) is 9.91. The molecule has 0 amide bonds. The fraction of sp³-hybridized carbons (Fsp3) is 0.472. The van der Waals surface area contributed by atoms with Crippen molar-refractivity contribution in [1.29, 1.82) is 5.26 Å². The van der Waals surface area contributed by atoms with Crippen molar-refractivity contribution in [3.05, 3.63) is 63.9 Å². The summed E-state index contributed by atoms with van der Waals surface area (Å²) in [5.41, 5.74) is 3.68. The first-order valence-electron chi connectivity index (χ1n) is 16.4. The van der Waals surface area contributed by atoms with Crippen molar-refractivity contribution < 1.29 is 64.9 Å². The van der Waals surface area contributed by atoms with E-state index in [1.807, 2.05) is 60.8 Å². The van der Waals surface area contributed by atoms with Crippen LogP contribution in [0.15, 0.2) is 49.1 Å². The molecule has 2 saturated heterocycles. The number of carbonyl (C=O) groups excluding carboxylic acids is 2. The molecule has 2 N–H and O–H groups in total. The van der Waals surface area contributed by atoms with Gasteiger partial charge in [0.05, 0.1) is 23.9 Å². The largest absolute Gasteiger partial charge is 0.389 e. The maximum absolute atomic E-state index is 12.3. The number of halogens is 3. The number of aromatic nitrogens is 4. The Balaban J connectivity index is 0.000000484. The molecule has 11 nitrogen and oxygen atoms in total. The van der Waals surface area contributed by atoms with Crippen LogP contribution in [0.2, 0.25) is 0 Å². The van der Waals surface area contributed by atoms with Gasteiger partial charge in [0.2, 0.25) is 0 Å². The van der Waals surface area contributed by atoms with Gasteiger partial charge in [0, 0.05) is 149 Å². The van der Waals surface area contributed by atoms with Crippen LogP contribution < -0.4 is 10.0 Å². The Bertz CT molecular complexity index is 1740. The number of hydrogen-bond acceptors (Lipinski definition) is 9. The Labute approximate surface area is 333 Å². The minimum absolute atomic E-state index is 0. The minimum Gasteiger partial charge on any atom is -0.358 e. The molecule has 0 aliphatic carbocycles. The Morgan fingerprint density at radius 2 is 1.27 bits per heavy atom. The van der Waals surface area contributed by atoms with Crippen molar-refractivity contribution in [3.63, 3.8) is 0 Å². The van der Waals surface area contributed by atoms with E-state index in [2.05, 4.69) is 36.0 Å². The van der Waals surface area contributed by atoms with E-state index in [-0.39, 0.29) is 80.4 Å². The molecule has 0 radical (unpaired) electrons. The van der Waals surface area contributed by atoms with E-state index < -0.39 is 19.0 Å². The van der Waals surface area contributed by atoms with Gasteiger partial charge < -0.3 is 34.8 Å². The van der Waals surface area contributed by atoms with Gasteiger partial charge >= 0.3 is 6.18 Å². The van der Waals surface area contributed by atoms with E-state index in [0.29, 0.717) is 25.8 Å². The van der Waals surface area contributed by atoms with Crippen molar-refractivity contribution in [2.24, 2.45) is 11.8 Å². The van der Waals surface area contributed by atoms with Gasteiger partial charge in [0.15, 0.2) is 0 Å². The molecular formula is C36H48F3N9O2W2-2. The predicted molar refractivity (Wildman–Crippen MR) is 191 cm³/mol. The average molecular weight is 1060 g/mol. The number of aromatic amines is 2. The number of nitrogens with one attached hydrogen (secondary N) is 2. The first-order chi connectivity index (χ1) is 23.1. The molecule has 2 atom stereocenters. The number of H-pyrrole nitrogens is 2. The number of nitrogens with zero attached hydrogens (tertiary/aromatic N) is 7. The smallest absolute Gasteiger partial charge is 0.358 e. The van der Waals surface area contributed by atoms with Gasteiger partial charge in [0.25, 0.3) is 0 Å². The van der Waals surface area contributed by atoms with Gasteiger partial charge in [-0.15, -0.1) is 0 Å². The third-order valence-electron chi connectivity index (χ3n) is 9.27. The van der Waals surface area contributed by atoms with Crippen molar-refractivity contribution >= 4 is 45.0 Å². The fourth-order valence-electron chi connectivity index (χ4n) is 6.60. The third-order valence-corrected chi connectivity index (χ3v) is 9.27. The number of ketones is 2. The number of nitriles is 1. The Hall–Kier alpha value is -3.10. The zero-order chi connectivity index (χ0) is 34.3. The van der Waals surface area contributed by atoms with E-state index >= 15 is 0 Å². The molecule has 2 unspecified atom stereocenters. The molecule has 16 heteroatoms. The maximum atomic E-state index is 12.3. The molecule has 6 heterocycles. The fourth-order valence-corrected chi connectivity index (χ4v) is 6.60. The van der Waals surface area contributed by atoms with Gasteiger partial charge in [0.1, 0.15) is 22.9 Å². The summed E-state index contributed by atoms with van der Waals surface area (Å²) < 4.78 is 37.0. The van der Waals surface area contributed by atoms with Gasteiger partial charge in [-0.25, -0.2) is 20.0 Å². The molecule has 0 spiro atoms. The second-order valence-corrected chi connectivity index (χ2v) is 12.4. The molecule has 2 aliphatic rings. The molecule has 4 aromatic heterocycles. The van der Waals surface area contributed by atoms with Crippen LogP contribution in [0.1, 0.15) is 51.4 Å². The summed E-state index contributed by atoms with van der Waals surface area (Å²) in [6.07, 6.45) is 5.51. The van der Waals surface area contributed by atoms with E-state index in [0.717, 1.165) is 72.3 Å². The molecule has 0 aromatic carbocycles. The quantitative estimate of drug-likeness (QED) is 0.163. The van der Waals surface area contributed by atoms with Crippen LogP contribution in [-0.2, 0) is 51.7 Å². The molecular weight excluding hydrogens is 1020 g/mol. The molecule has 6 rings (SSSR count). The third kappa shape index (κ3) is 12.0. The Morgan fingerprint density at radius 1 is 0.827 bits per heavy atom. The number of hydrazine groups is 2. The van der Waals surface area contributed by atoms with Gasteiger partial charge in [-0.1, -0.05) is 0 Å². The summed E-state index contributed by atoms with van der Waals surface area (Å²) >= 11 is 0. The number of hydrogen-bond donors (Lipinski definition) is 2. The molecule has 2 aliphatic heterocycles. The number of pyridine rings is 2. The molecule has 284 valence electrons. The number of fused-ring (bicyclic) bond motifs is 2. The SMILES string of the molecule is CN(c1ccnc2[nH]ccc12)N1CCCC(C(=O)CCC#N)C1.CN(c1ccnc2[nH]ccc12)N1CCCC(C(=O)CCC(F)(F)F)C1.[CH3-].[CH3-].[W].[W]. The monoisotopic (exact) mass is 1060 g/mol. The molecule has 0 saturated carbocycles. The molecule has 2 fully saturated rings. The summed E-state index contributed by atoms with van der Waals surface area (Å²) in [7, 11) is 3.94. The standard InChI is InChI=1S/C17H21F3N4O.C17H21N5O.2CH3.2W/c1-23(14-6-9-22-16-13(14)5-8-21-16)24-10-2-3-12(11-24)15(25)4-7-17(18,19)20;1-21(15-7-10-20-17-14(15)6-9-19-17)22-11-3-4-13(12-22)16(23)5-2-8-18;;;;/h5-6,8-9,12H,2-4,7,10-11H2,1H3,(H,21,22);6-7,9-10,13H,2-5,11-12H2,1H3,(H,19,20);2*1H3;;/q;;2*-1;;. The summed E-state index contributed by atoms with van der Waals surface area (Å²) in [5.74, 6) is -0.395. The number of anilines is 2. The molecule has 4 aromatic rings. The van der Waals surface area contributed by atoms with Gasteiger partial charge in [-0.05, 0) is 49.9 Å². The van der Waals surface area contributed by atoms with Gasteiger partial charge in [-0.2, -0.15) is 18.4 Å². The van der Waals surface area contributed by atoms with Crippen LogP contribution in [-0.4, -0.2) is 88.0 Å². The van der Waals surface area contributed by atoms with E-state index in [4.69, 9.17) is 5.26 Å². The Morgan fingerprint density at radius 3 is 1.69 bits per heavy atom. The number of alkyl halides is 3. The second-order valence-electron chi connectivity index (χ2n) is 12.4. The van der Waals surface area contributed by atoms with Crippen LogP contribution in [0.4, 0.5) is 24.5 Å². The molecule has 0 bridgehead atoms. The summed E-state index contributed by atoms with van der Waals surface area (Å²) in [6.45, 7) is 2.87. The van der Waals surface area contributed by atoms with E-state index in [9.17, 15) is 22.8 Å².